The van der Waals surface area contributed by atoms with Crippen LogP contribution < -0.4 is 0 Å². The zero-order chi connectivity index (χ0) is 13.9. The zero-order valence-corrected chi connectivity index (χ0v) is 11.2. The maximum absolute atomic E-state index is 13.4. The van der Waals surface area contributed by atoms with Crippen LogP contribution in [0.25, 0.3) is 0 Å². The van der Waals surface area contributed by atoms with Crippen molar-refractivity contribution in [2.75, 3.05) is 26.7 Å². The number of hydrogen-bond donors (Lipinski definition) is 1. The van der Waals surface area contributed by atoms with Crippen LogP contribution in [0.15, 0.2) is 0 Å². The van der Waals surface area contributed by atoms with Crippen molar-refractivity contribution in [1.82, 2.24) is 9.80 Å². The molecular weight excluding hydrogens is 242 g/mol. The number of rotatable bonds is 5. The Morgan fingerprint density at radius 2 is 2.17 bits per heavy atom. The molecule has 0 radical (unpaired) electrons. The molecule has 0 aromatic heterocycles. The van der Waals surface area contributed by atoms with Gasteiger partial charge in [-0.2, -0.15) is 0 Å². The number of carboxylic acid groups (broad SMARTS) is 1. The lowest BCUT2D eigenvalue weighted by molar-refractivity contribution is -0.138. The van der Waals surface area contributed by atoms with Crippen LogP contribution in [0, 0.1) is 0 Å². The van der Waals surface area contributed by atoms with E-state index in [1.807, 2.05) is 13.8 Å². The number of carboxylic acids is 1. The smallest absolute Gasteiger partial charge is 0.317 e. The fourth-order valence-electron chi connectivity index (χ4n) is 2.47. The summed E-state index contributed by atoms with van der Waals surface area (Å²) in [7, 11) is 1.71. The van der Waals surface area contributed by atoms with E-state index in [0.717, 1.165) is 0 Å². The number of piperidine rings is 1. The van der Waals surface area contributed by atoms with Crippen LogP contribution >= 0.6 is 0 Å². The normalized spacial score (nSPS) is 24.7. The van der Waals surface area contributed by atoms with Gasteiger partial charge in [-0.1, -0.05) is 0 Å². The van der Waals surface area contributed by atoms with Crippen LogP contribution in [0.4, 0.5) is 8.78 Å². The highest BCUT2D eigenvalue weighted by atomic mass is 19.3. The summed E-state index contributed by atoms with van der Waals surface area (Å²) in [6.07, 6.45) is 0.303. The van der Waals surface area contributed by atoms with Crippen LogP contribution in [-0.4, -0.2) is 65.6 Å². The zero-order valence-electron chi connectivity index (χ0n) is 11.2. The fourth-order valence-corrected chi connectivity index (χ4v) is 2.47. The largest absolute Gasteiger partial charge is 0.480 e. The van der Waals surface area contributed by atoms with E-state index in [-0.39, 0.29) is 31.6 Å². The maximum atomic E-state index is 13.4. The molecule has 18 heavy (non-hydrogen) atoms. The molecule has 1 aliphatic rings. The molecule has 1 saturated heterocycles. The van der Waals surface area contributed by atoms with Gasteiger partial charge in [0.2, 0.25) is 0 Å². The summed E-state index contributed by atoms with van der Waals surface area (Å²) in [5.41, 5.74) is 0. The monoisotopic (exact) mass is 264 g/mol. The van der Waals surface area contributed by atoms with Crippen LogP contribution in [0.3, 0.4) is 0 Å². The Balaban J connectivity index is 2.60. The molecule has 0 aromatic rings. The third-order valence-corrected chi connectivity index (χ3v) is 3.32. The molecule has 1 heterocycles. The Kier molecular flexibility index (Phi) is 5.04. The number of nitrogens with zero attached hydrogens (tertiary/aromatic N) is 2. The Bertz CT molecular complexity index is 298. The topological polar surface area (TPSA) is 43.8 Å². The molecule has 1 unspecified atom stereocenters. The van der Waals surface area contributed by atoms with Crippen LogP contribution in [-0.2, 0) is 4.79 Å². The first-order valence-corrected chi connectivity index (χ1v) is 6.25. The Labute approximate surface area is 107 Å². The molecular formula is C12H22F2N2O2. The van der Waals surface area contributed by atoms with Crippen molar-refractivity contribution < 1.29 is 18.7 Å². The molecule has 0 bridgehead atoms. The molecule has 6 heteroatoms. The maximum Gasteiger partial charge on any atom is 0.317 e. The minimum atomic E-state index is -2.62. The molecule has 0 aromatic carbocycles. The van der Waals surface area contributed by atoms with Gasteiger partial charge in [0.1, 0.15) is 0 Å². The number of likely N-dealkylation sites (N-methyl/N-ethyl adjacent to an activating group) is 1. The fraction of sp³-hybridized carbons (Fsp3) is 0.917. The second kappa shape index (κ2) is 5.93. The van der Waals surface area contributed by atoms with Gasteiger partial charge in [-0.15, -0.1) is 0 Å². The molecule has 106 valence electrons. The molecule has 0 spiro atoms. The summed E-state index contributed by atoms with van der Waals surface area (Å²) < 4.78 is 26.8. The quantitative estimate of drug-likeness (QED) is 0.817. The van der Waals surface area contributed by atoms with Gasteiger partial charge in [0.05, 0.1) is 13.1 Å². The minimum Gasteiger partial charge on any atom is -0.480 e. The van der Waals surface area contributed by atoms with Crippen molar-refractivity contribution in [2.24, 2.45) is 0 Å². The van der Waals surface area contributed by atoms with Crippen molar-refractivity contribution in [3.05, 3.63) is 0 Å². The van der Waals surface area contributed by atoms with Gasteiger partial charge in [0.15, 0.2) is 0 Å². The highest BCUT2D eigenvalue weighted by Gasteiger charge is 2.41. The van der Waals surface area contributed by atoms with E-state index in [2.05, 4.69) is 0 Å². The van der Waals surface area contributed by atoms with Crippen molar-refractivity contribution >= 4 is 5.97 Å². The SMILES string of the molecule is CC(C)N1CC(F)(F)CCC1CN(C)CC(=O)O. The lowest BCUT2D eigenvalue weighted by atomic mass is 9.97. The third kappa shape index (κ3) is 4.49. The molecule has 4 nitrogen and oxygen atoms in total. The first-order valence-electron chi connectivity index (χ1n) is 6.25. The van der Waals surface area contributed by atoms with E-state index in [9.17, 15) is 13.6 Å². The summed E-state index contributed by atoms with van der Waals surface area (Å²) >= 11 is 0. The van der Waals surface area contributed by atoms with Crippen LogP contribution in [0.1, 0.15) is 26.7 Å². The van der Waals surface area contributed by atoms with Crippen molar-refractivity contribution in [3.8, 4) is 0 Å². The summed E-state index contributed by atoms with van der Waals surface area (Å²) in [5.74, 6) is -3.51. The Hall–Kier alpha value is -0.750. The van der Waals surface area contributed by atoms with Gasteiger partial charge in [-0.05, 0) is 27.3 Å². The lowest BCUT2D eigenvalue weighted by Gasteiger charge is -2.43. The molecule has 1 aliphatic heterocycles. The lowest BCUT2D eigenvalue weighted by Crippen LogP contribution is -2.55. The van der Waals surface area contributed by atoms with Gasteiger partial charge in [0.25, 0.3) is 5.92 Å². The molecule has 1 atom stereocenters. The molecule has 1 rings (SSSR count). The summed E-state index contributed by atoms with van der Waals surface area (Å²) in [4.78, 5) is 14.0. The highest BCUT2D eigenvalue weighted by Crippen LogP contribution is 2.31. The number of hydrogen-bond acceptors (Lipinski definition) is 3. The van der Waals surface area contributed by atoms with E-state index in [0.29, 0.717) is 13.0 Å². The predicted molar refractivity (Wildman–Crippen MR) is 64.9 cm³/mol. The van der Waals surface area contributed by atoms with Gasteiger partial charge in [0, 0.05) is 25.0 Å². The molecule has 0 saturated carbocycles. The number of likely N-dealkylation sites (tertiary alicyclic amines) is 1. The Morgan fingerprint density at radius 3 is 2.67 bits per heavy atom. The van der Waals surface area contributed by atoms with E-state index in [1.165, 1.54) is 0 Å². The van der Waals surface area contributed by atoms with Crippen LogP contribution in [0.5, 0.6) is 0 Å². The van der Waals surface area contributed by atoms with Gasteiger partial charge >= 0.3 is 5.97 Å². The first kappa shape index (κ1) is 15.3. The highest BCUT2D eigenvalue weighted by molar-refractivity contribution is 5.69. The number of carbonyl (C=O) groups is 1. The first-order chi connectivity index (χ1) is 8.21. The van der Waals surface area contributed by atoms with E-state index in [1.54, 1.807) is 16.8 Å². The van der Waals surface area contributed by atoms with Gasteiger partial charge < -0.3 is 5.11 Å². The molecule has 1 N–H and O–H groups in total. The summed E-state index contributed by atoms with van der Waals surface area (Å²) in [6, 6.07) is 0.0494. The average Bonchev–Trinajstić information content (AvgIpc) is 2.19. The molecule has 0 amide bonds. The van der Waals surface area contributed by atoms with E-state index >= 15 is 0 Å². The average molecular weight is 264 g/mol. The van der Waals surface area contributed by atoms with Gasteiger partial charge in [-0.25, -0.2) is 8.78 Å². The predicted octanol–water partition coefficient (Wildman–Crippen LogP) is 1.51. The minimum absolute atomic E-state index is 0.00831. The van der Waals surface area contributed by atoms with Crippen molar-refractivity contribution in [1.29, 1.82) is 0 Å². The van der Waals surface area contributed by atoms with E-state index in [4.69, 9.17) is 5.11 Å². The summed E-state index contributed by atoms with van der Waals surface area (Å²) in [6.45, 7) is 4.02. The number of aliphatic carboxylic acids is 1. The second-order valence-corrected chi connectivity index (χ2v) is 5.41. The third-order valence-electron chi connectivity index (χ3n) is 3.32. The number of alkyl halides is 2. The summed E-state index contributed by atoms with van der Waals surface area (Å²) in [5, 5.41) is 8.70. The Morgan fingerprint density at radius 1 is 1.56 bits per heavy atom. The van der Waals surface area contributed by atoms with Crippen molar-refractivity contribution in [2.45, 2.75) is 44.7 Å². The molecule has 1 fully saturated rings. The van der Waals surface area contributed by atoms with E-state index < -0.39 is 11.9 Å². The second-order valence-electron chi connectivity index (χ2n) is 5.41. The molecule has 0 aliphatic carbocycles. The number of halogens is 2. The van der Waals surface area contributed by atoms with Crippen molar-refractivity contribution in [3.63, 3.8) is 0 Å². The standard InChI is InChI=1S/C12H22F2N2O2/c1-9(2)16-8-12(13,14)5-4-10(16)6-15(3)7-11(17)18/h9-10H,4-8H2,1-3H3,(H,17,18). The van der Waals surface area contributed by atoms with Crippen LogP contribution in [0.2, 0.25) is 0 Å². The van der Waals surface area contributed by atoms with Gasteiger partial charge in [-0.3, -0.25) is 14.6 Å².